The topological polar surface area (TPSA) is 89.6 Å². The van der Waals surface area contributed by atoms with E-state index in [4.69, 9.17) is 0 Å². The van der Waals surface area contributed by atoms with Crippen molar-refractivity contribution < 1.29 is 14.5 Å². The van der Waals surface area contributed by atoms with Gasteiger partial charge in [0.1, 0.15) is 5.92 Å². The number of Topliss-reactive ketones (excluding diaryl/α,β-unsaturated/α-hetero) is 2. The first kappa shape index (κ1) is 17.7. The molecule has 0 heterocycles. The predicted octanol–water partition coefficient (Wildman–Crippen LogP) is 4.41. The highest BCUT2D eigenvalue weighted by atomic mass is 16.6. The molecule has 0 fully saturated rings. The Kier molecular flexibility index (Phi) is 4.75. The van der Waals surface area contributed by atoms with Gasteiger partial charge in [0, 0.05) is 29.0 Å². The molecule has 0 N–H and O–H groups in total. The fourth-order valence-corrected chi connectivity index (χ4v) is 3.11. The minimum atomic E-state index is -0.912. The van der Waals surface area contributed by atoms with Crippen molar-refractivity contribution in [3.63, 3.8) is 0 Å². The number of aliphatic imine (C=N–C) groups is 1. The van der Waals surface area contributed by atoms with E-state index in [9.17, 15) is 19.7 Å². The van der Waals surface area contributed by atoms with Crippen molar-refractivity contribution in [2.45, 2.75) is 20.3 Å². The van der Waals surface area contributed by atoms with Crippen LogP contribution in [0.1, 0.15) is 41.0 Å². The smallest absolute Gasteiger partial charge is 0.269 e. The number of rotatable bonds is 5. The molecule has 0 atom stereocenters. The number of nitro benzene ring substituents is 1. The fraction of sp³-hybridized carbons (Fsp3) is 0.250. The molecule has 0 amide bonds. The van der Waals surface area contributed by atoms with Crippen molar-refractivity contribution in [2.24, 2.45) is 16.8 Å². The number of non-ortho nitro benzene ring substituents is 1. The summed E-state index contributed by atoms with van der Waals surface area (Å²) >= 11 is 0. The molecule has 0 radical (unpaired) electrons. The van der Waals surface area contributed by atoms with Crippen LogP contribution in [-0.4, -0.2) is 22.2 Å². The summed E-state index contributed by atoms with van der Waals surface area (Å²) in [5.74, 6) is -1.17. The SMILES string of the molecule is CC(C)CC(=Nc1ccc([N+](=O)[O-])cc1)C1C(=O)c2ccccc2C1=O. The molecule has 6 heteroatoms. The summed E-state index contributed by atoms with van der Waals surface area (Å²) in [5.41, 5.74) is 1.82. The van der Waals surface area contributed by atoms with Crippen LogP contribution in [0.4, 0.5) is 11.4 Å². The Morgan fingerprint density at radius 3 is 2.04 bits per heavy atom. The molecule has 0 aliphatic heterocycles. The van der Waals surface area contributed by atoms with E-state index < -0.39 is 10.8 Å². The molecular weight excluding hydrogens is 332 g/mol. The van der Waals surface area contributed by atoms with Crippen LogP contribution >= 0.6 is 0 Å². The summed E-state index contributed by atoms with van der Waals surface area (Å²) in [6, 6.07) is 12.6. The zero-order chi connectivity index (χ0) is 18.8. The van der Waals surface area contributed by atoms with E-state index in [0.717, 1.165) is 0 Å². The predicted molar refractivity (Wildman–Crippen MR) is 98.2 cm³/mol. The first-order valence-electron chi connectivity index (χ1n) is 8.38. The quantitative estimate of drug-likeness (QED) is 0.346. The molecule has 132 valence electrons. The molecule has 6 nitrogen and oxygen atoms in total. The Morgan fingerprint density at radius 1 is 1.04 bits per heavy atom. The maximum Gasteiger partial charge on any atom is 0.269 e. The number of benzene rings is 2. The Bertz CT molecular complexity index is 879. The van der Waals surface area contributed by atoms with Crippen LogP contribution in [0.5, 0.6) is 0 Å². The average Bonchev–Trinajstić information content (AvgIpc) is 2.86. The van der Waals surface area contributed by atoms with Gasteiger partial charge in [0.2, 0.25) is 0 Å². The number of carbonyl (C=O) groups is 2. The van der Waals surface area contributed by atoms with Crippen molar-refractivity contribution in [1.29, 1.82) is 0 Å². The molecule has 0 unspecified atom stereocenters. The van der Waals surface area contributed by atoms with E-state index in [1.165, 1.54) is 24.3 Å². The Balaban J connectivity index is 2.00. The van der Waals surface area contributed by atoms with Crippen LogP contribution in [-0.2, 0) is 0 Å². The van der Waals surface area contributed by atoms with Crippen LogP contribution < -0.4 is 0 Å². The van der Waals surface area contributed by atoms with Gasteiger partial charge in [0.25, 0.3) is 5.69 Å². The van der Waals surface area contributed by atoms with Gasteiger partial charge in [-0.2, -0.15) is 0 Å². The minimum absolute atomic E-state index is 0.0326. The highest BCUT2D eigenvalue weighted by Crippen LogP contribution is 2.31. The van der Waals surface area contributed by atoms with E-state index in [2.05, 4.69) is 4.99 Å². The molecule has 0 spiro atoms. The second-order valence-electron chi connectivity index (χ2n) is 6.68. The Labute approximate surface area is 150 Å². The molecule has 0 saturated carbocycles. The van der Waals surface area contributed by atoms with Gasteiger partial charge in [-0.3, -0.25) is 24.7 Å². The second kappa shape index (κ2) is 7.00. The van der Waals surface area contributed by atoms with E-state index in [0.29, 0.717) is 28.9 Å². The molecule has 1 aliphatic rings. The zero-order valence-corrected chi connectivity index (χ0v) is 14.5. The van der Waals surface area contributed by atoms with Gasteiger partial charge in [-0.15, -0.1) is 0 Å². The van der Waals surface area contributed by atoms with Crippen LogP contribution in [0.25, 0.3) is 0 Å². The monoisotopic (exact) mass is 350 g/mol. The minimum Gasteiger partial charge on any atom is -0.293 e. The number of carbonyl (C=O) groups excluding carboxylic acids is 2. The fourth-order valence-electron chi connectivity index (χ4n) is 3.11. The van der Waals surface area contributed by atoms with Gasteiger partial charge in [-0.05, 0) is 24.5 Å². The number of hydrogen-bond acceptors (Lipinski definition) is 5. The first-order chi connectivity index (χ1) is 12.4. The lowest BCUT2D eigenvalue weighted by atomic mass is 9.91. The summed E-state index contributed by atoms with van der Waals surface area (Å²) < 4.78 is 0. The van der Waals surface area contributed by atoms with Gasteiger partial charge in [0.05, 0.1) is 10.6 Å². The third-order valence-corrected chi connectivity index (χ3v) is 4.27. The van der Waals surface area contributed by atoms with E-state index in [-0.39, 0.29) is 23.2 Å². The van der Waals surface area contributed by atoms with E-state index in [1.807, 2.05) is 13.8 Å². The number of hydrogen-bond donors (Lipinski definition) is 0. The number of nitro groups is 1. The van der Waals surface area contributed by atoms with Gasteiger partial charge in [-0.25, -0.2) is 0 Å². The van der Waals surface area contributed by atoms with Crippen molar-refractivity contribution in [2.75, 3.05) is 0 Å². The molecule has 1 aliphatic carbocycles. The van der Waals surface area contributed by atoms with Crippen molar-refractivity contribution in [3.8, 4) is 0 Å². The normalized spacial score (nSPS) is 14.8. The van der Waals surface area contributed by atoms with Crippen molar-refractivity contribution in [1.82, 2.24) is 0 Å². The van der Waals surface area contributed by atoms with Crippen LogP contribution in [0.2, 0.25) is 0 Å². The van der Waals surface area contributed by atoms with Gasteiger partial charge in [-0.1, -0.05) is 38.1 Å². The molecule has 26 heavy (non-hydrogen) atoms. The molecule has 2 aromatic rings. The summed E-state index contributed by atoms with van der Waals surface area (Å²) in [4.78, 5) is 40.4. The van der Waals surface area contributed by atoms with Gasteiger partial charge >= 0.3 is 0 Å². The molecule has 0 aromatic heterocycles. The summed E-state index contributed by atoms with van der Waals surface area (Å²) in [7, 11) is 0. The maximum absolute atomic E-state index is 12.8. The van der Waals surface area contributed by atoms with Crippen LogP contribution in [0.3, 0.4) is 0 Å². The van der Waals surface area contributed by atoms with E-state index >= 15 is 0 Å². The third-order valence-electron chi connectivity index (χ3n) is 4.27. The lowest BCUT2D eigenvalue weighted by molar-refractivity contribution is -0.384. The van der Waals surface area contributed by atoms with Gasteiger partial charge < -0.3 is 0 Å². The van der Waals surface area contributed by atoms with Crippen molar-refractivity contribution in [3.05, 3.63) is 69.8 Å². The number of ketones is 2. The zero-order valence-electron chi connectivity index (χ0n) is 14.5. The van der Waals surface area contributed by atoms with Crippen molar-refractivity contribution >= 4 is 28.7 Å². The maximum atomic E-state index is 12.8. The van der Waals surface area contributed by atoms with Crippen LogP contribution in [0, 0.1) is 22.0 Å². The molecular formula is C20H18N2O4. The Hall–Kier alpha value is -3.15. The lowest BCUT2D eigenvalue weighted by Crippen LogP contribution is -2.26. The van der Waals surface area contributed by atoms with Gasteiger partial charge in [0.15, 0.2) is 11.6 Å². The third kappa shape index (κ3) is 3.31. The average molecular weight is 350 g/mol. The second-order valence-corrected chi connectivity index (χ2v) is 6.68. The van der Waals surface area contributed by atoms with Crippen LogP contribution in [0.15, 0.2) is 53.5 Å². The highest BCUT2D eigenvalue weighted by Gasteiger charge is 2.41. The van der Waals surface area contributed by atoms with E-state index in [1.54, 1.807) is 24.3 Å². The lowest BCUT2D eigenvalue weighted by Gasteiger charge is -2.14. The molecule has 3 rings (SSSR count). The summed E-state index contributed by atoms with van der Waals surface area (Å²) in [6.45, 7) is 3.98. The highest BCUT2D eigenvalue weighted by molar-refractivity contribution is 6.36. The Morgan fingerprint density at radius 2 is 1.58 bits per heavy atom. The summed E-state index contributed by atoms with van der Waals surface area (Å²) in [5, 5.41) is 10.8. The number of fused-ring (bicyclic) bond motifs is 1. The molecule has 0 saturated heterocycles. The molecule has 2 aromatic carbocycles. The first-order valence-corrected chi connectivity index (χ1v) is 8.38. The standard InChI is InChI=1S/C20H18N2O4/c1-12(2)11-17(21-13-7-9-14(10-8-13)22(25)26)18-19(23)15-5-3-4-6-16(15)20(18)24/h3-10,12,18H,11H2,1-2H3. The summed E-state index contributed by atoms with van der Waals surface area (Å²) in [6.07, 6.45) is 0.493. The number of nitrogens with zero attached hydrogens (tertiary/aromatic N) is 2. The molecule has 0 bridgehead atoms. The largest absolute Gasteiger partial charge is 0.293 e.